The van der Waals surface area contributed by atoms with Crippen molar-refractivity contribution >= 4 is 11.8 Å². The Labute approximate surface area is 96.4 Å². The molecule has 4 heteroatoms. The predicted molar refractivity (Wildman–Crippen MR) is 60.7 cm³/mol. The largest absolute Gasteiger partial charge is 0.305 e. The standard InChI is InChI=1S/C12H20N2O2/c1-8(2)14-10(15)6-9(11(14)16)13-7-12(3)4-5-12/h8-9,13H,4-7H2,1-3H3. The van der Waals surface area contributed by atoms with E-state index in [9.17, 15) is 9.59 Å². The Balaban J connectivity index is 1.92. The summed E-state index contributed by atoms with van der Waals surface area (Å²) in [7, 11) is 0. The van der Waals surface area contributed by atoms with E-state index in [2.05, 4.69) is 12.2 Å². The minimum Gasteiger partial charge on any atom is -0.305 e. The Bertz CT molecular complexity index is 321. The van der Waals surface area contributed by atoms with Crippen molar-refractivity contribution in [2.75, 3.05) is 6.54 Å². The molecular weight excluding hydrogens is 204 g/mol. The van der Waals surface area contributed by atoms with Gasteiger partial charge in [0.2, 0.25) is 11.8 Å². The zero-order valence-electron chi connectivity index (χ0n) is 10.2. The van der Waals surface area contributed by atoms with E-state index in [0.717, 1.165) is 6.54 Å². The van der Waals surface area contributed by atoms with Crippen molar-refractivity contribution in [3.8, 4) is 0 Å². The fourth-order valence-corrected chi connectivity index (χ4v) is 2.11. The highest BCUT2D eigenvalue weighted by Gasteiger charge is 2.42. The Hall–Kier alpha value is -0.900. The van der Waals surface area contributed by atoms with E-state index in [1.165, 1.54) is 17.7 Å². The molecule has 0 radical (unpaired) electrons. The normalized spacial score (nSPS) is 28.0. The molecule has 1 atom stereocenters. The summed E-state index contributed by atoms with van der Waals surface area (Å²) in [5.74, 6) is -0.0947. The van der Waals surface area contributed by atoms with Gasteiger partial charge < -0.3 is 5.32 Å². The summed E-state index contributed by atoms with van der Waals surface area (Å²) in [6.07, 6.45) is 2.78. The zero-order chi connectivity index (χ0) is 11.9. The van der Waals surface area contributed by atoms with Crippen molar-refractivity contribution in [2.45, 2.75) is 52.1 Å². The third-order valence-electron chi connectivity index (χ3n) is 3.58. The van der Waals surface area contributed by atoms with Gasteiger partial charge in [-0.3, -0.25) is 14.5 Å². The monoisotopic (exact) mass is 224 g/mol. The van der Waals surface area contributed by atoms with Gasteiger partial charge in [0.05, 0.1) is 12.5 Å². The van der Waals surface area contributed by atoms with Gasteiger partial charge in [0.15, 0.2) is 0 Å². The van der Waals surface area contributed by atoms with E-state index in [-0.39, 0.29) is 23.9 Å². The third-order valence-corrected chi connectivity index (χ3v) is 3.58. The fraction of sp³-hybridized carbons (Fsp3) is 0.833. The summed E-state index contributed by atoms with van der Waals surface area (Å²) < 4.78 is 0. The minimum absolute atomic E-state index is 0.0247. The lowest BCUT2D eigenvalue weighted by molar-refractivity contribution is -0.140. The molecule has 2 aliphatic rings. The minimum atomic E-state index is -0.285. The molecule has 0 aromatic carbocycles. The van der Waals surface area contributed by atoms with Crippen molar-refractivity contribution in [2.24, 2.45) is 5.41 Å². The fourth-order valence-electron chi connectivity index (χ4n) is 2.11. The van der Waals surface area contributed by atoms with Gasteiger partial charge in [-0.05, 0) is 32.1 Å². The van der Waals surface area contributed by atoms with Crippen LogP contribution < -0.4 is 5.32 Å². The van der Waals surface area contributed by atoms with Gasteiger partial charge in [0.25, 0.3) is 0 Å². The molecule has 2 fully saturated rings. The van der Waals surface area contributed by atoms with Crippen LogP contribution in [0.2, 0.25) is 0 Å². The summed E-state index contributed by atoms with van der Waals surface area (Å²) in [5.41, 5.74) is 0.370. The number of imide groups is 1. The quantitative estimate of drug-likeness (QED) is 0.722. The molecule has 0 aromatic heterocycles. The average molecular weight is 224 g/mol. The first-order valence-corrected chi connectivity index (χ1v) is 6.02. The molecule has 0 bridgehead atoms. The van der Waals surface area contributed by atoms with Crippen LogP contribution in [0.3, 0.4) is 0 Å². The van der Waals surface area contributed by atoms with E-state index in [0.29, 0.717) is 11.8 Å². The van der Waals surface area contributed by atoms with Gasteiger partial charge in [-0.2, -0.15) is 0 Å². The molecule has 90 valence electrons. The Morgan fingerprint density at radius 3 is 2.50 bits per heavy atom. The lowest BCUT2D eigenvalue weighted by Crippen LogP contribution is -2.43. The topological polar surface area (TPSA) is 49.4 Å². The number of carbonyl (C=O) groups excluding carboxylic acids is 2. The van der Waals surface area contributed by atoms with E-state index < -0.39 is 0 Å². The van der Waals surface area contributed by atoms with Gasteiger partial charge >= 0.3 is 0 Å². The first-order valence-electron chi connectivity index (χ1n) is 6.02. The molecule has 1 aliphatic heterocycles. The highest BCUT2D eigenvalue weighted by molar-refractivity contribution is 6.05. The number of hydrogen-bond acceptors (Lipinski definition) is 3. The second-order valence-corrected chi connectivity index (χ2v) is 5.64. The molecule has 0 spiro atoms. The maximum Gasteiger partial charge on any atom is 0.247 e. The van der Waals surface area contributed by atoms with E-state index in [1.807, 2.05) is 13.8 Å². The van der Waals surface area contributed by atoms with E-state index >= 15 is 0 Å². The Kier molecular flexibility index (Phi) is 2.78. The Morgan fingerprint density at radius 1 is 1.44 bits per heavy atom. The zero-order valence-corrected chi connectivity index (χ0v) is 10.2. The number of likely N-dealkylation sites (tertiary alicyclic amines) is 1. The number of nitrogens with one attached hydrogen (secondary N) is 1. The van der Waals surface area contributed by atoms with Crippen LogP contribution in [0, 0.1) is 5.41 Å². The molecule has 2 rings (SSSR count). The van der Waals surface area contributed by atoms with Crippen molar-refractivity contribution < 1.29 is 9.59 Å². The number of hydrogen-bond donors (Lipinski definition) is 1. The summed E-state index contributed by atoms with van der Waals surface area (Å²) in [6.45, 7) is 6.81. The van der Waals surface area contributed by atoms with Crippen molar-refractivity contribution in [3.05, 3.63) is 0 Å². The molecule has 2 amide bonds. The van der Waals surface area contributed by atoms with E-state index in [1.54, 1.807) is 0 Å². The first-order chi connectivity index (χ1) is 7.43. The lowest BCUT2D eigenvalue weighted by atomic mass is 10.1. The Morgan fingerprint density at radius 2 is 2.06 bits per heavy atom. The number of nitrogens with zero attached hydrogens (tertiary/aromatic N) is 1. The summed E-state index contributed by atoms with van der Waals surface area (Å²) in [4.78, 5) is 25.0. The van der Waals surface area contributed by atoms with Gasteiger partial charge in [-0.15, -0.1) is 0 Å². The van der Waals surface area contributed by atoms with Gasteiger partial charge in [-0.1, -0.05) is 6.92 Å². The molecule has 1 saturated heterocycles. The highest BCUT2D eigenvalue weighted by Crippen LogP contribution is 2.44. The first kappa shape index (κ1) is 11.6. The van der Waals surface area contributed by atoms with Crippen LogP contribution >= 0.6 is 0 Å². The lowest BCUT2D eigenvalue weighted by Gasteiger charge is -2.19. The number of rotatable bonds is 4. The molecule has 16 heavy (non-hydrogen) atoms. The van der Waals surface area contributed by atoms with Gasteiger partial charge in [-0.25, -0.2) is 0 Å². The van der Waals surface area contributed by atoms with Gasteiger partial charge in [0.1, 0.15) is 0 Å². The second kappa shape index (κ2) is 3.84. The van der Waals surface area contributed by atoms with Crippen LogP contribution in [-0.2, 0) is 9.59 Å². The summed E-state index contributed by atoms with van der Waals surface area (Å²) >= 11 is 0. The van der Waals surface area contributed by atoms with Crippen LogP contribution in [0.4, 0.5) is 0 Å². The predicted octanol–water partition coefficient (Wildman–Crippen LogP) is 0.912. The number of carbonyl (C=O) groups is 2. The van der Waals surface area contributed by atoms with Crippen molar-refractivity contribution in [3.63, 3.8) is 0 Å². The maximum atomic E-state index is 11.9. The molecule has 4 nitrogen and oxygen atoms in total. The van der Waals surface area contributed by atoms with Crippen LogP contribution in [-0.4, -0.2) is 35.3 Å². The SMILES string of the molecule is CC(C)N1C(=O)CC(NCC2(C)CC2)C1=O. The van der Waals surface area contributed by atoms with Crippen LogP contribution in [0.25, 0.3) is 0 Å². The van der Waals surface area contributed by atoms with Crippen molar-refractivity contribution in [1.29, 1.82) is 0 Å². The smallest absolute Gasteiger partial charge is 0.247 e. The average Bonchev–Trinajstić information content (AvgIpc) is 2.83. The molecule has 1 aliphatic carbocycles. The van der Waals surface area contributed by atoms with Gasteiger partial charge in [0, 0.05) is 12.6 Å². The molecular formula is C12H20N2O2. The van der Waals surface area contributed by atoms with Crippen LogP contribution in [0.1, 0.15) is 40.0 Å². The maximum absolute atomic E-state index is 11.9. The van der Waals surface area contributed by atoms with Crippen LogP contribution in [0.5, 0.6) is 0 Å². The van der Waals surface area contributed by atoms with Crippen LogP contribution in [0.15, 0.2) is 0 Å². The van der Waals surface area contributed by atoms with E-state index in [4.69, 9.17) is 0 Å². The number of amides is 2. The highest BCUT2D eigenvalue weighted by atomic mass is 16.2. The second-order valence-electron chi connectivity index (χ2n) is 5.64. The molecule has 1 heterocycles. The summed E-state index contributed by atoms with van der Waals surface area (Å²) in [5, 5.41) is 3.24. The molecule has 1 saturated carbocycles. The third kappa shape index (κ3) is 2.12. The molecule has 1 N–H and O–H groups in total. The molecule has 1 unspecified atom stereocenters. The summed E-state index contributed by atoms with van der Waals surface area (Å²) in [6, 6.07) is -0.310. The van der Waals surface area contributed by atoms with Crippen molar-refractivity contribution in [1.82, 2.24) is 10.2 Å². The molecule has 0 aromatic rings.